The van der Waals surface area contributed by atoms with E-state index in [-0.39, 0.29) is 18.4 Å². The van der Waals surface area contributed by atoms with Crippen LogP contribution < -0.4 is 10.2 Å². The van der Waals surface area contributed by atoms with Crippen LogP contribution in [0.3, 0.4) is 0 Å². The Hall–Kier alpha value is -2.19. The molecule has 1 N–H and O–H groups in total. The zero-order valence-corrected chi connectivity index (χ0v) is 17.1. The highest BCUT2D eigenvalue weighted by atomic mass is 16.5. The van der Waals surface area contributed by atoms with Gasteiger partial charge < -0.3 is 24.8 Å². The summed E-state index contributed by atoms with van der Waals surface area (Å²) >= 11 is 0. The summed E-state index contributed by atoms with van der Waals surface area (Å²) in [6.07, 6.45) is 3.51. The fourth-order valence-electron chi connectivity index (χ4n) is 3.60. The Morgan fingerprint density at radius 3 is 2.75 bits per heavy atom. The summed E-state index contributed by atoms with van der Waals surface area (Å²) in [5.41, 5.74) is 1.23. The molecule has 1 aromatic heterocycles. The van der Waals surface area contributed by atoms with Gasteiger partial charge in [0.15, 0.2) is 0 Å². The number of fused-ring (bicyclic) bond motifs is 1. The van der Waals surface area contributed by atoms with E-state index < -0.39 is 0 Å². The summed E-state index contributed by atoms with van der Waals surface area (Å²) < 4.78 is 5.43. The fourth-order valence-corrected chi connectivity index (χ4v) is 3.60. The summed E-state index contributed by atoms with van der Waals surface area (Å²) in [6, 6.07) is 1.81. The van der Waals surface area contributed by atoms with Crippen molar-refractivity contribution in [3.05, 3.63) is 17.8 Å². The van der Waals surface area contributed by atoms with Crippen molar-refractivity contribution in [3.8, 4) is 0 Å². The molecule has 0 unspecified atom stereocenters. The van der Waals surface area contributed by atoms with Gasteiger partial charge in [-0.15, -0.1) is 0 Å². The van der Waals surface area contributed by atoms with Crippen LogP contribution in [-0.4, -0.2) is 86.6 Å². The monoisotopic (exact) mass is 389 g/mol. The van der Waals surface area contributed by atoms with Gasteiger partial charge in [0.25, 0.3) is 5.91 Å². The van der Waals surface area contributed by atoms with E-state index in [0.717, 1.165) is 32.6 Å². The average Bonchev–Trinajstić information content (AvgIpc) is 2.70. The normalized spacial score (nSPS) is 17.4. The number of amides is 2. The van der Waals surface area contributed by atoms with Gasteiger partial charge in [-0.05, 0) is 45.8 Å². The Balaban J connectivity index is 1.80. The first-order valence-corrected chi connectivity index (χ1v) is 10.1. The van der Waals surface area contributed by atoms with Crippen LogP contribution in [-0.2, 0) is 9.53 Å². The number of carbonyl (C=O) groups excluding carboxylic acids is 2. The standard InChI is InChI=1S/C20H31N5O3/c1-4-24(8-7-23(2)3)20(27)16-11-17-19(21-12-16)22-13-18(26)25(17)14-15-5-9-28-10-6-15/h11-12,15H,4-10,13-14H2,1-3H3,(H,21,22). The lowest BCUT2D eigenvalue weighted by molar-refractivity contribution is -0.117. The second-order valence-electron chi connectivity index (χ2n) is 7.69. The Labute approximate surface area is 166 Å². The molecule has 3 rings (SSSR count). The van der Waals surface area contributed by atoms with Crippen LogP contribution in [0.15, 0.2) is 12.3 Å². The molecule has 2 amide bonds. The van der Waals surface area contributed by atoms with Crippen LogP contribution in [0.2, 0.25) is 0 Å². The van der Waals surface area contributed by atoms with E-state index in [1.54, 1.807) is 11.1 Å². The Morgan fingerprint density at radius 1 is 1.32 bits per heavy atom. The predicted molar refractivity (Wildman–Crippen MR) is 109 cm³/mol. The minimum atomic E-state index is -0.0521. The van der Waals surface area contributed by atoms with Gasteiger partial charge in [-0.3, -0.25) is 9.59 Å². The molecule has 2 aliphatic rings. The zero-order valence-electron chi connectivity index (χ0n) is 17.1. The number of nitrogens with zero attached hydrogens (tertiary/aromatic N) is 4. The number of ether oxygens (including phenoxy) is 1. The van der Waals surface area contributed by atoms with Crippen molar-refractivity contribution in [3.63, 3.8) is 0 Å². The van der Waals surface area contributed by atoms with Crippen LogP contribution >= 0.6 is 0 Å². The molecule has 154 valence electrons. The van der Waals surface area contributed by atoms with Gasteiger partial charge in [0.05, 0.1) is 17.8 Å². The van der Waals surface area contributed by atoms with E-state index in [1.807, 2.05) is 32.0 Å². The number of nitrogens with one attached hydrogen (secondary N) is 1. The van der Waals surface area contributed by atoms with Gasteiger partial charge in [-0.1, -0.05) is 0 Å². The molecule has 0 aliphatic carbocycles. The fraction of sp³-hybridized carbons (Fsp3) is 0.650. The Bertz CT molecular complexity index is 703. The molecule has 1 aromatic rings. The molecule has 1 saturated heterocycles. The van der Waals surface area contributed by atoms with E-state index in [4.69, 9.17) is 4.74 Å². The van der Waals surface area contributed by atoms with E-state index in [2.05, 4.69) is 15.2 Å². The average molecular weight is 390 g/mol. The van der Waals surface area contributed by atoms with Gasteiger partial charge in [-0.2, -0.15) is 0 Å². The second-order valence-corrected chi connectivity index (χ2v) is 7.69. The maximum atomic E-state index is 13.0. The van der Waals surface area contributed by atoms with Gasteiger partial charge in [0.1, 0.15) is 5.82 Å². The first kappa shape index (κ1) is 20.5. The van der Waals surface area contributed by atoms with Crippen LogP contribution in [0.4, 0.5) is 11.5 Å². The second kappa shape index (κ2) is 9.34. The van der Waals surface area contributed by atoms with E-state index >= 15 is 0 Å². The van der Waals surface area contributed by atoms with Gasteiger partial charge in [0.2, 0.25) is 5.91 Å². The third-order valence-corrected chi connectivity index (χ3v) is 5.38. The molecular weight excluding hydrogens is 358 g/mol. The summed E-state index contributed by atoms with van der Waals surface area (Å²) in [7, 11) is 3.98. The number of aromatic nitrogens is 1. The molecule has 0 bridgehead atoms. The van der Waals surface area contributed by atoms with Crippen molar-refractivity contribution < 1.29 is 14.3 Å². The number of likely N-dealkylation sites (N-methyl/N-ethyl adjacent to an activating group) is 2. The number of hydrogen-bond donors (Lipinski definition) is 1. The summed E-state index contributed by atoms with van der Waals surface area (Å²) in [4.78, 5) is 35.7. The van der Waals surface area contributed by atoms with Crippen molar-refractivity contribution in [1.82, 2.24) is 14.8 Å². The molecule has 0 aromatic carbocycles. The topological polar surface area (TPSA) is 78.0 Å². The minimum absolute atomic E-state index is 0.0188. The predicted octanol–water partition coefficient (Wildman–Crippen LogP) is 1.29. The SMILES string of the molecule is CCN(CCN(C)C)C(=O)c1cnc2c(c1)N(CC1CCOCC1)C(=O)CN2. The number of pyridine rings is 1. The van der Waals surface area contributed by atoms with Crippen molar-refractivity contribution in [2.45, 2.75) is 19.8 Å². The lowest BCUT2D eigenvalue weighted by Crippen LogP contribution is -2.44. The molecule has 8 nitrogen and oxygen atoms in total. The van der Waals surface area contributed by atoms with Crippen LogP contribution in [0.25, 0.3) is 0 Å². The highest BCUT2D eigenvalue weighted by Crippen LogP contribution is 2.31. The van der Waals surface area contributed by atoms with Crippen LogP contribution in [0, 0.1) is 5.92 Å². The molecule has 8 heteroatoms. The first-order valence-electron chi connectivity index (χ1n) is 10.1. The lowest BCUT2D eigenvalue weighted by Gasteiger charge is -2.34. The number of anilines is 2. The number of rotatable bonds is 7. The van der Waals surface area contributed by atoms with E-state index in [0.29, 0.717) is 42.6 Å². The Morgan fingerprint density at radius 2 is 2.07 bits per heavy atom. The largest absolute Gasteiger partial charge is 0.381 e. The summed E-state index contributed by atoms with van der Waals surface area (Å²) in [6.45, 7) is 6.43. The quantitative estimate of drug-likeness (QED) is 0.757. The summed E-state index contributed by atoms with van der Waals surface area (Å²) in [5.74, 6) is 1.05. The molecule has 0 spiro atoms. The molecule has 0 saturated carbocycles. The maximum absolute atomic E-state index is 13.0. The zero-order chi connectivity index (χ0) is 20.1. The highest BCUT2D eigenvalue weighted by Gasteiger charge is 2.29. The molecule has 3 heterocycles. The Kier molecular flexibility index (Phi) is 6.85. The molecular formula is C20H31N5O3. The van der Waals surface area contributed by atoms with E-state index in [1.165, 1.54) is 0 Å². The number of carbonyl (C=O) groups is 2. The molecule has 2 aliphatic heterocycles. The summed E-state index contributed by atoms with van der Waals surface area (Å²) in [5, 5.41) is 3.07. The van der Waals surface area contributed by atoms with E-state index in [9.17, 15) is 9.59 Å². The van der Waals surface area contributed by atoms with Gasteiger partial charge >= 0.3 is 0 Å². The third kappa shape index (κ3) is 4.80. The molecule has 0 atom stereocenters. The minimum Gasteiger partial charge on any atom is -0.381 e. The van der Waals surface area contributed by atoms with Gasteiger partial charge in [0, 0.05) is 45.6 Å². The molecule has 0 radical (unpaired) electrons. The lowest BCUT2D eigenvalue weighted by atomic mass is 9.99. The van der Waals surface area contributed by atoms with Crippen molar-refractivity contribution in [2.24, 2.45) is 5.92 Å². The third-order valence-electron chi connectivity index (χ3n) is 5.38. The smallest absolute Gasteiger partial charge is 0.255 e. The van der Waals surface area contributed by atoms with Crippen LogP contribution in [0.5, 0.6) is 0 Å². The van der Waals surface area contributed by atoms with Crippen molar-refractivity contribution in [1.29, 1.82) is 0 Å². The van der Waals surface area contributed by atoms with Crippen LogP contribution in [0.1, 0.15) is 30.1 Å². The van der Waals surface area contributed by atoms with Crippen molar-refractivity contribution in [2.75, 3.05) is 70.2 Å². The first-order chi connectivity index (χ1) is 13.5. The van der Waals surface area contributed by atoms with Crippen molar-refractivity contribution >= 4 is 23.3 Å². The highest BCUT2D eigenvalue weighted by molar-refractivity contribution is 6.04. The maximum Gasteiger partial charge on any atom is 0.255 e. The number of hydrogen-bond acceptors (Lipinski definition) is 6. The van der Waals surface area contributed by atoms with Gasteiger partial charge in [-0.25, -0.2) is 4.98 Å². The molecule has 28 heavy (non-hydrogen) atoms. The molecule has 1 fully saturated rings.